The number of phenols is 1. The summed E-state index contributed by atoms with van der Waals surface area (Å²) in [4.78, 5) is 8.58. The van der Waals surface area contributed by atoms with Crippen molar-refractivity contribution in [2.24, 2.45) is 0 Å². The number of likely N-dealkylation sites (tertiary alicyclic amines) is 1. The molecule has 0 spiro atoms. The molecule has 0 radical (unpaired) electrons. The Bertz CT molecular complexity index is 968. The van der Waals surface area contributed by atoms with Crippen molar-refractivity contribution in [2.75, 3.05) is 37.2 Å². The number of anilines is 1. The Labute approximate surface area is 183 Å². The van der Waals surface area contributed by atoms with Crippen molar-refractivity contribution in [1.29, 1.82) is 0 Å². The van der Waals surface area contributed by atoms with E-state index in [1.807, 2.05) is 30.0 Å². The maximum atomic E-state index is 10.4. The Morgan fingerprint density at radius 2 is 1.77 bits per heavy atom. The van der Waals surface area contributed by atoms with Crippen LogP contribution >= 0.6 is 11.8 Å². The molecule has 0 atom stereocenters. The number of pyridine rings is 1. The van der Waals surface area contributed by atoms with E-state index < -0.39 is 0 Å². The van der Waals surface area contributed by atoms with Crippen LogP contribution in [-0.2, 0) is 0 Å². The third-order valence-electron chi connectivity index (χ3n) is 5.44. The smallest absolute Gasteiger partial charge is 0.127 e. The third-order valence-corrected chi connectivity index (χ3v) is 6.33. The lowest BCUT2D eigenvalue weighted by Gasteiger charge is -2.16. The molecule has 156 valence electrons. The molecule has 4 rings (SSSR count). The van der Waals surface area contributed by atoms with Crippen LogP contribution in [0.1, 0.15) is 19.8 Å². The zero-order chi connectivity index (χ0) is 20.8. The summed E-state index contributed by atoms with van der Waals surface area (Å²) in [5, 5.41) is 13.9. The van der Waals surface area contributed by atoms with Crippen LogP contribution in [0.5, 0.6) is 5.75 Å². The molecule has 1 aliphatic heterocycles. The third kappa shape index (κ3) is 5.15. The maximum Gasteiger partial charge on any atom is 0.127 e. The second kappa shape index (κ2) is 10.0. The highest BCUT2D eigenvalue weighted by Gasteiger charge is 2.12. The molecule has 2 heterocycles. The Balaban J connectivity index is 1.62. The van der Waals surface area contributed by atoms with Crippen LogP contribution in [-0.4, -0.2) is 46.9 Å². The van der Waals surface area contributed by atoms with Crippen molar-refractivity contribution in [3.05, 3.63) is 60.7 Å². The average molecular weight is 420 g/mol. The van der Waals surface area contributed by atoms with Gasteiger partial charge in [0.15, 0.2) is 0 Å². The fraction of sp³-hybridized carbons (Fsp3) is 0.320. The normalized spacial score (nSPS) is 14.2. The quantitative estimate of drug-likeness (QED) is 0.456. The van der Waals surface area contributed by atoms with Gasteiger partial charge in [0.25, 0.3) is 0 Å². The van der Waals surface area contributed by atoms with E-state index in [-0.39, 0.29) is 5.75 Å². The number of thioether (sulfide) groups is 1. The molecule has 30 heavy (non-hydrogen) atoms. The van der Waals surface area contributed by atoms with Crippen LogP contribution in [0.15, 0.2) is 65.6 Å². The largest absolute Gasteiger partial charge is 0.507 e. The zero-order valence-electron chi connectivity index (χ0n) is 17.5. The summed E-state index contributed by atoms with van der Waals surface area (Å²) in [5.74, 6) is 2.16. The van der Waals surface area contributed by atoms with Gasteiger partial charge in [-0.1, -0.05) is 31.2 Å². The Kier molecular flexibility index (Phi) is 6.92. The summed E-state index contributed by atoms with van der Waals surface area (Å²) in [6, 6.07) is 20.2. The second-order valence-electron chi connectivity index (χ2n) is 7.58. The summed E-state index contributed by atoms with van der Waals surface area (Å²) in [6.07, 6.45) is 2.61. The number of hydrogen-bond acceptors (Lipinski definition) is 5. The van der Waals surface area contributed by atoms with Crippen molar-refractivity contribution in [3.8, 4) is 28.1 Å². The van der Waals surface area contributed by atoms with Crippen LogP contribution in [0, 0.1) is 0 Å². The molecule has 2 aromatic carbocycles. The van der Waals surface area contributed by atoms with Crippen LogP contribution in [0.2, 0.25) is 0 Å². The van der Waals surface area contributed by atoms with Crippen molar-refractivity contribution in [2.45, 2.75) is 24.7 Å². The average Bonchev–Trinajstić information content (AvgIpc) is 3.28. The van der Waals surface area contributed by atoms with Gasteiger partial charge in [0, 0.05) is 23.5 Å². The van der Waals surface area contributed by atoms with Gasteiger partial charge >= 0.3 is 0 Å². The van der Waals surface area contributed by atoms with Crippen molar-refractivity contribution in [3.63, 3.8) is 0 Å². The van der Waals surface area contributed by atoms with Crippen LogP contribution in [0.3, 0.4) is 0 Å². The summed E-state index contributed by atoms with van der Waals surface area (Å²) in [5.41, 5.74) is 3.78. The molecule has 1 fully saturated rings. The number of para-hydroxylation sites is 1. The molecule has 1 saturated heterocycles. The lowest BCUT2D eigenvalue weighted by Crippen LogP contribution is -2.26. The zero-order valence-corrected chi connectivity index (χ0v) is 18.3. The number of aromatic nitrogens is 1. The molecule has 0 unspecified atom stereocenters. The number of nitrogens with zero attached hydrogens (tertiary/aromatic N) is 2. The van der Waals surface area contributed by atoms with Crippen LogP contribution in [0.4, 0.5) is 5.82 Å². The minimum atomic E-state index is 0.250. The fourth-order valence-electron chi connectivity index (χ4n) is 3.87. The van der Waals surface area contributed by atoms with E-state index in [9.17, 15) is 5.11 Å². The highest BCUT2D eigenvalue weighted by atomic mass is 32.2. The second-order valence-corrected chi connectivity index (χ2v) is 8.91. The molecule has 2 N–H and O–H groups in total. The van der Waals surface area contributed by atoms with Gasteiger partial charge in [-0.2, -0.15) is 0 Å². The van der Waals surface area contributed by atoms with Gasteiger partial charge in [-0.05, 0) is 79.2 Å². The van der Waals surface area contributed by atoms with Crippen molar-refractivity contribution < 1.29 is 5.11 Å². The minimum absolute atomic E-state index is 0.250. The summed E-state index contributed by atoms with van der Waals surface area (Å²) in [6.45, 7) is 6.45. The van der Waals surface area contributed by atoms with E-state index >= 15 is 0 Å². The van der Waals surface area contributed by atoms with E-state index in [1.165, 1.54) is 30.8 Å². The van der Waals surface area contributed by atoms with Gasteiger partial charge in [0.1, 0.15) is 11.6 Å². The first-order valence-corrected chi connectivity index (χ1v) is 11.7. The van der Waals surface area contributed by atoms with Gasteiger partial charge in [-0.25, -0.2) is 4.98 Å². The van der Waals surface area contributed by atoms with E-state index in [2.05, 4.69) is 53.5 Å². The van der Waals surface area contributed by atoms with E-state index in [1.54, 1.807) is 6.07 Å². The standard InChI is InChI=1S/C25H29N3OS/c1-2-30-21-11-9-19(10-12-21)20-17-23(22-7-3-4-8-24(22)29)27-25(18-20)26-13-16-28-14-5-6-15-28/h3-4,7-12,17-18,29H,2,5-6,13-16H2,1H3,(H,26,27). The highest BCUT2D eigenvalue weighted by molar-refractivity contribution is 7.99. The predicted molar refractivity (Wildman–Crippen MR) is 127 cm³/mol. The summed E-state index contributed by atoms with van der Waals surface area (Å²) < 4.78 is 0. The van der Waals surface area contributed by atoms with E-state index in [0.717, 1.165) is 47.0 Å². The molecular formula is C25H29N3OS. The van der Waals surface area contributed by atoms with Crippen LogP contribution < -0.4 is 5.32 Å². The van der Waals surface area contributed by atoms with E-state index in [0.29, 0.717) is 0 Å². The van der Waals surface area contributed by atoms with Gasteiger partial charge in [-0.3, -0.25) is 0 Å². The van der Waals surface area contributed by atoms with Crippen LogP contribution in [0.25, 0.3) is 22.4 Å². The first-order chi connectivity index (χ1) is 14.7. The first kappa shape index (κ1) is 20.8. The minimum Gasteiger partial charge on any atom is -0.507 e. The van der Waals surface area contributed by atoms with Gasteiger partial charge in [0.05, 0.1) is 5.69 Å². The molecule has 0 bridgehead atoms. The number of hydrogen-bond donors (Lipinski definition) is 2. The molecule has 5 heteroatoms. The fourth-order valence-corrected chi connectivity index (χ4v) is 4.54. The molecule has 1 aromatic heterocycles. The maximum absolute atomic E-state index is 10.4. The molecule has 4 nitrogen and oxygen atoms in total. The van der Waals surface area contributed by atoms with E-state index in [4.69, 9.17) is 4.98 Å². The van der Waals surface area contributed by atoms with Crippen molar-refractivity contribution >= 4 is 17.6 Å². The first-order valence-electron chi connectivity index (χ1n) is 10.7. The number of aromatic hydroxyl groups is 1. The summed E-state index contributed by atoms with van der Waals surface area (Å²) in [7, 11) is 0. The van der Waals surface area contributed by atoms with Crippen molar-refractivity contribution in [1.82, 2.24) is 9.88 Å². The molecule has 1 aliphatic rings. The molecule has 3 aromatic rings. The topological polar surface area (TPSA) is 48.4 Å². The lowest BCUT2D eigenvalue weighted by atomic mass is 10.0. The number of benzene rings is 2. The highest BCUT2D eigenvalue weighted by Crippen LogP contribution is 2.33. The number of nitrogens with one attached hydrogen (secondary N) is 1. The predicted octanol–water partition coefficient (Wildman–Crippen LogP) is 5.74. The molecule has 0 amide bonds. The number of rotatable bonds is 8. The molecule has 0 aliphatic carbocycles. The van der Waals surface area contributed by atoms with Gasteiger partial charge in [-0.15, -0.1) is 11.8 Å². The van der Waals surface area contributed by atoms with Gasteiger partial charge < -0.3 is 15.3 Å². The molecular weight excluding hydrogens is 390 g/mol. The monoisotopic (exact) mass is 419 g/mol. The Morgan fingerprint density at radius 3 is 2.50 bits per heavy atom. The van der Waals surface area contributed by atoms with Gasteiger partial charge in [0.2, 0.25) is 0 Å². The Morgan fingerprint density at radius 1 is 1.00 bits per heavy atom. The SMILES string of the molecule is CCSc1ccc(-c2cc(NCCN3CCCC3)nc(-c3ccccc3O)c2)cc1. The molecule has 0 saturated carbocycles. The number of phenolic OH excluding ortho intramolecular Hbond substituents is 1. The lowest BCUT2D eigenvalue weighted by molar-refractivity contribution is 0.352. The summed E-state index contributed by atoms with van der Waals surface area (Å²) >= 11 is 1.84. The Hall–Kier alpha value is -2.50.